The van der Waals surface area contributed by atoms with Gasteiger partial charge in [-0.15, -0.1) is 11.8 Å². The van der Waals surface area contributed by atoms with Gasteiger partial charge in [-0.05, 0) is 81.6 Å². The van der Waals surface area contributed by atoms with Crippen LogP contribution in [-0.4, -0.2) is 42.0 Å². The normalized spacial score (nSPS) is 16.4. The molecule has 0 amide bonds. The molecule has 0 bridgehead atoms. The minimum Gasteiger partial charge on any atom is -0.497 e. The number of likely N-dealkylation sites (tertiary alicyclic amines) is 1. The van der Waals surface area contributed by atoms with E-state index in [1.807, 2.05) is 11.8 Å². The first kappa shape index (κ1) is 20.0. The molecule has 158 valence electrons. The summed E-state index contributed by atoms with van der Waals surface area (Å²) in [5, 5.41) is 1.37. The lowest BCUT2D eigenvalue weighted by molar-refractivity contribution is 0.327. The van der Waals surface area contributed by atoms with E-state index in [4.69, 9.17) is 4.74 Å². The molecule has 3 nitrogen and oxygen atoms in total. The molecule has 0 aliphatic carbocycles. The van der Waals surface area contributed by atoms with Crippen LogP contribution in [0, 0.1) is 0 Å². The minimum atomic E-state index is 0.957. The smallest absolute Gasteiger partial charge is 0.119 e. The summed E-state index contributed by atoms with van der Waals surface area (Å²) in [5.41, 5.74) is 5.71. The van der Waals surface area contributed by atoms with Crippen molar-refractivity contribution in [3.05, 3.63) is 48.0 Å². The predicted molar refractivity (Wildman–Crippen MR) is 128 cm³/mol. The zero-order valence-electron chi connectivity index (χ0n) is 18.0. The second-order valence-electron chi connectivity index (χ2n) is 8.57. The average molecular weight is 421 g/mol. The van der Waals surface area contributed by atoms with Gasteiger partial charge in [-0.25, -0.2) is 0 Å². The highest BCUT2D eigenvalue weighted by Crippen LogP contribution is 2.43. The van der Waals surface area contributed by atoms with E-state index in [1.165, 1.54) is 84.4 Å². The first-order valence-electron chi connectivity index (χ1n) is 11.5. The molecule has 2 aliphatic rings. The highest BCUT2D eigenvalue weighted by Gasteiger charge is 2.23. The Morgan fingerprint density at radius 2 is 1.80 bits per heavy atom. The largest absolute Gasteiger partial charge is 0.497 e. The van der Waals surface area contributed by atoms with E-state index in [1.54, 1.807) is 7.11 Å². The zero-order chi connectivity index (χ0) is 20.3. The van der Waals surface area contributed by atoms with Crippen LogP contribution < -0.4 is 4.74 Å². The molecule has 1 fully saturated rings. The Balaban J connectivity index is 1.45. The van der Waals surface area contributed by atoms with Crippen LogP contribution in [0.4, 0.5) is 0 Å². The molecular weight excluding hydrogens is 388 g/mol. The number of nitrogens with zero attached hydrogens (tertiary/aromatic N) is 2. The molecule has 2 aromatic carbocycles. The number of ether oxygens (including phenoxy) is 1. The molecule has 0 unspecified atom stereocenters. The highest BCUT2D eigenvalue weighted by atomic mass is 32.2. The van der Waals surface area contributed by atoms with Crippen LogP contribution in [-0.2, 0) is 13.0 Å². The number of aromatic nitrogens is 1. The summed E-state index contributed by atoms with van der Waals surface area (Å²) >= 11 is 1.99. The molecule has 0 N–H and O–H groups in total. The minimum absolute atomic E-state index is 0.957. The van der Waals surface area contributed by atoms with E-state index >= 15 is 0 Å². The van der Waals surface area contributed by atoms with Gasteiger partial charge in [0.1, 0.15) is 5.75 Å². The van der Waals surface area contributed by atoms with Crippen LogP contribution in [0.15, 0.2) is 47.4 Å². The Bertz CT molecular complexity index is 1020. The molecular formula is C26H32N2OS. The van der Waals surface area contributed by atoms with Crippen LogP contribution >= 0.6 is 11.8 Å². The summed E-state index contributed by atoms with van der Waals surface area (Å²) in [5.74, 6) is 2.09. The molecule has 0 saturated carbocycles. The predicted octanol–water partition coefficient (Wildman–Crippen LogP) is 6.23. The lowest BCUT2D eigenvalue weighted by Crippen LogP contribution is -2.20. The molecule has 3 heterocycles. The number of hydrogen-bond acceptors (Lipinski definition) is 3. The van der Waals surface area contributed by atoms with Crippen LogP contribution in [0.2, 0.25) is 0 Å². The Hall–Kier alpha value is -1.91. The van der Waals surface area contributed by atoms with Crippen LogP contribution in [0.25, 0.3) is 22.2 Å². The van der Waals surface area contributed by atoms with Crippen LogP contribution in [0.5, 0.6) is 5.75 Å². The lowest BCUT2D eigenvalue weighted by atomic mass is 10.0. The van der Waals surface area contributed by atoms with Crippen LogP contribution in [0.1, 0.15) is 37.7 Å². The summed E-state index contributed by atoms with van der Waals surface area (Å²) in [6.07, 6.45) is 7.76. The third kappa shape index (κ3) is 3.88. The lowest BCUT2D eigenvalue weighted by Gasteiger charge is -2.15. The standard InChI is InChI=1S/C26H32N2OS/c1-29-20-11-12-24-23(19-20)21-13-18-30-25-10-4-3-9-22(25)26(21)28(24)17-6-2-5-14-27-15-7-8-16-27/h3-4,9-12,19H,2,5-8,13-18H2,1H3. The Morgan fingerprint density at radius 1 is 0.967 bits per heavy atom. The maximum absolute atomic E-state index is 5.57. The molecule has 0 radical (unpaired) electrons. The summed E-state index contributed by atoms with van der Waals surface area (Å²) in [6, 6.07) is 15.6. The van der Waals surface area contributed by atoms with Crippen molar-refractivity contribution in [1.29, 1.82) is 0 Å². The van der Waals surface area contributed by atoms with Gasteiger partial charge in [0.2, 0.25) is 0 Å². The van der Waals surface area contributed by atoms with Gasteiger partial charge < -0.3 is 14.2 Å². The third-order valence-corrected chi connectivity index (χ3v) is 7.76. The van der Waals surface area contributed by atoms with Gasteiger partial charge >= 0.3 is 0 Å². The van der Waals surface area contributed by atoms with E-state index in [2.05, 4.69) is 51.9 Å². The first-order valence-corrected chi connectivity index (χ1v) is 12.5. The van der Waals surface area contributed by atoms with Gasteiger partial charge in [-0.3, -0.25) is 0 Å². The van der Waals surface area contributed by atoms with E-state index in [0.717, 1.165) is 24.5 Å². The summed E-state index contributed by atoms with van der Waals surface area (Å²) < 4.78 is 8.17. The van der Waals surface area contributed by atoms with Crippen molar-refractivity contribution >= 4 is 22.7 Å². The Morgan fingerprint density at radius 3 is 2.67 bits per heavy atom. The molecule has 1 aromatic heterocycles. The number of hydrogen-bond donors (Lipinski definition) is 0. The Labute approximate surface area is 184 Å². The first-order chi connectivity index (χ1) is 14.8. The second-order valence-corrected chi connectivity index (χ2v) is 9.70. The van der Waals surface area contributed by atoms with Gasteiger partial charge in [-0.2, -0.15) is 0 Å². The number of benzene rings is 2. The van der Waals surface area contributed by atoms with E-state index in [0.29, 0.717) is 0 Å². The molecule has 4 heteroatoms. The molecule has 5 rings (SSSR count). The summed E-state index contributed by atoms with van der Waals surface area (Å²) in [4.78, 5) is 4.05. The van der Waals surface area contributed by atoms with Gasteiger partial charge in [0.15, 0.2) is 0 Å². The van der Waals surface area contributed by atoms with Crippen molar-refractivity contribution in [2.45, 2.75) is 50.0 Å². The number of aryl methyl sites for hydroxylation is 2. The van der Waals surface area contributed by atoms with Crippen molar-refractivity contribution in [3.63, 3.8) is 0 Å². The molecule has 0 atom stereocenters. The number of methoxy groups -OCH3 is 1. The molecule has 3 aromatic rings. The number of unbranched alkanes of at least 4 members (excludes halogenated alkanes) is 2. The molecule has 1 saturated heterocycles. The van der Waals surface area contributed by atoms with Gasteiger partial charge in [-0.1, -0.05) is 24.6 Å². The van der Waals surface area contributed by atoms with Crippen molar-refractivity contribution in [1.82, 2.24) is 9.47 Å². The van der Waals surface area contributed by atoms with Gasteiger partial charge in [0.25, 0.3) is 0 Å². The number of thioether (sulfide) groups is 1. The molecule has 30 heavy (non-hydrogen) atoms. The molecule has 0 spiro atoms. The van der Waals surface area contributed by atoms with E-state index < -0.39 is 0 Å². The fourth-order valence-corrected chi connectivity index (χ4v) is 6.18. The SMILES string of the molecule is COc1ccc2c(c1)c1c(n2CCCCCN2CCCC2)-c2ccccc2SCC1. The van der Waals surface area contributed by atoms with Gasteiger partial charge in [0.05, 0.1) is 12.8 Å². The summed E-state index contributed by atoms with van der Waals surface area (Å²) in [6.45, 7) is 5.00. The molecule has 2 aliphatic heterocycles. The Kier molecular flexibility index (Phi) is 6.05. The monoisotopic (exact) mass is 420 g/mol. The van der Waals surface area contributed by atoms with Crippen molar-refractivity contribution < 1.29 is 4.74 Å². The second kappa shape index (κ2) is 9.07. The van der Waals surface area contributed by atoms with E-state index in [9.17, 15) is 0 Å². The number of rotatable bonds is 7. The van der Waals surface area contributed by atoms with Gasteiger partial charge in [0, 0.05) is 33.7 Å². The summed E-state index contributed by atoms with van der Waals surface area (Å²) in [7, 11) is 1.77. The maximum atomic E-state index is 5.57. The topological polar surface area (TPSA) is 17.4 Å². The zero-order valence-corrected chi connectivity index (χ0v) is 18.8. The van der Waals surface area contributed by atoms with Crippen LogP contribution in [0.3, 0.4) is 0 Å². The highest BCUT2D eigenvalue weighted by molar-refractivity contribution is 7.99. The van der Waals surface area contributed by atoms with Crippen molar-refractivity contribution in [2.75, 3.05) is 32.5 Å². The fraction of sp³-hybridized carbons (Fsp3) is 0.462. The van der Waals surface area contributed by atoms with Crippen molar-refractivity contribution in [2.24, 2.45) is 0 Å². The maximum Gasteiger partial charge on any atom is 0.119 e. The quantitative estimate of drug-likeness (QED) is 0.422. The van der Waals surface area contributed by atoms with E-state index in [-0.39, 0.29) is 0 Å². The average Bonchev–Trinajstić information content (AvgIpc) is 3.35. The fourth-order valence-electron chi connectivity index (χ4n) is 5.16. The third-order valence-electron chi connectivity index (χ3n) is 6.68. The van der Waals surface area contributed by atoms with Crippen molar-refractivity contribution in [3.8, 4) is 17.0 Å². The number of fused-ring (bicyclic) bond motifs is 5.